The Bertz CT molecular complexity index is 2670. The van der Waals surface area contributed by atoms with Crippen LogP contribution in [-0.4, -0.2) is 116 Å². The minimum atomic E-state index is -3.10. The number of para-hydroxylation sites is 1. The summed E-state index contributed by atoms with van der Waals surface area (Å²) >= 11 is 18.1. The number of carboxylic acid groups (broad SMARTS) is 1. The number of hydrogen-bond acceptors (Lipinski definition) is 13. The number of amides is 3. The third-order valence-corrected chi connectivity index (χ3v) is 13.7. The molecule has 4 aromatic rings. The van der Waals surface area contributed by atoms with Crippen LogP contribution in [0.15, 0.2) is 58.1 Å². The third kappa shape index (κ3) is 16.1. The highest BCUT2D eigenvalue weighted by Crippen LogP contribution is 2.39. The van der Waals surface area contributed by atoms with Crippen molar-refractivity contribution in [3.05, 3.63) is 82.1 Å². The highest BCUT2D eigenvalue weighted by molar-refractivity contribution is 7.57. The van der Waals surface area contributed by atoms with E-state index in [0.29, 0.717) is 28.5 Å². The molecule has 1 fully saturated rings. The van der Waals surface area contributed by atoms with Crippen molar-refractivity contribution in [2.45, 2.75) is 96.5 Å². The molecule has 3 atom stereocenters. The van der Waals surface area contributed by atoms with Gasteiger partial charge in [0.15, 0.2) is 24.6 Å². The van der Waals surface area contributed by atoms with Gasteiger partial charge in [0.25, 0.3) is 11.8 Å². The van der Waals surface area contributed by atoms with E-state index in [1.54, 1.807) is 38.2 Å². The molecule has 72 heavy (non-hydrogen) atoms. The molecule has 394 valence electrons. The van der Waals surface area contributed by atoms with Crippen LogP contribution in [0.4, 0.5) is 21.5 Å². The number of furan rings is 1. The van der Waals surface area contributed by atoms with Crippen LogP contribution in [0.1, 0.15) is 76.8 Å². The summed E-state index contributed by atoms with van der Waals surface area (Å²) in [6.07, 6.45) is 9.25. The van der Waals surface area contributed by atoms with Gasteiger partial charge in [-0.2, -0.15) is 4.37 Å². The molecule has 2 aromatic carbocycles. The summed E-state index contributed by atoms with van der Waals surface area (Å²) in [4.78, 5) is 63.3. The fourth-order valence-electron chi connectivity index (χ4n) is 7.70. The summed E-state index contributed by atoms with van der Waals surface area (Å²) in [5, 5.41) is 8.28. The smallest absolute Gasteiger partial charge is 0.320 e. The predicted octanol–water partition coefficient (Wildman–Crippen LogP) is 7.65. The molecule has 4 N–H and O–H groups in total. The molecule has 0 saturated carbocycles. The second-order valence-electron chi connectivity index (χ2n) is 18.0. The fourth-order valence-corrected chi connectivity index (χ4v) is 9.60. The summed E-state index contributed by atoms with van der Waals surface area (Å²) < 4.78 is 53.1. The number of methoxy groups -OCH3 is 1. The number of nitrogens with two attached hydrogens (primary N) is 1. The molecular weight excluding hydrogens is 1040 g/mol. The maximum absolute atomic E-state index is 14.5. The molecular formula is C48H62Cl3FN7O11PS. The van der Waals surface area contributed by atoms with Gasteiger partial charge in [0.2, 0.25) is 10.7 Å². The van der Waals surface area contributed by atoms with E-state index in [1.807, 2.05) is 28.8 Å². The SMILES string of the molecule is C#CCN1C(=O)COc2cc(F)c(/N=c3\snc4n3CC(C)(C)C4)cc21.CC1(C)OC(c2ccco2)CN1C(=O)C(Cl)Cl.CCc1cccc(CC)c1N(COC)C(=O)CCl.CP(=O)(O)CCC(N)C(=O)O. The Morgan fingerprint density at radius 1 is 1.15 bits per heavy atom. The Balaban J connectivity index is 0.000000218. The molecule has 3 aliphatic heterocycles. The summed E-state index contributed by atoms with van der Waals surface area (Å²) in [6, 6.07) is 11.4. The van der Waals surface area contributed by atoms with Crippen LogP contribution in [0.25, 0.3) is 0 Å². The Kier molecular flexibility index (Phi) is 21.9. The molecule has 0 spiro atoms. The van der Waals surface area contributed by atoms with Crippen molar-refractivity contribution in [2.24, 2.45) is 16.1 Å². The lowest BCUT2D eigenvalue weighted by Gasteiger charge is -2.29. The number of terminal acetylenes is 1. The minimum absolute atomic E-state index is 0.0371. The summed E-state index contributed by atoms with van der Waals surface area (Å²) in [5.41, 5.74) is 8.27. The molecule has 3 amide bonds. The van der Waals surface area contributed by atoms with Crippen molar-refractivity contribution >= 4 is 94.5 Å². The van der Waals surface area contributed by atoms with E-state index < -0.39 is 35.8 Å². The van der Waals surface area contributed by atoms with Gasteiger partial charge in [-0.25, -0.2) is 9.38 Å². The van der Waals surface area contributed by atoms with Crippen LogP contribution in [0.2, 0.25) is 0 Å². The van der Waals surface area contributed by atoms with Gasteiger partial charge < -0.3 is 43.8 Å². The largest absolute Gasteiger partial charge is 0.481 e. The Labute approximate surface area is 437 Å². The topological polar surface area (TPSA) is 233 Å². The average Bonchev–Trinajstić information content (AvgIpc) is 4.12. The molecule has 5 heterocycles. The van der Waals surface area contributed by atoms with Crippen LogP contribution in [0.5, 0.6) is 5.75 Å². The highest BCUT2D eigenvalue weighted by Gasteiger charge is 2.45. The van der Waals surface area contributed by atoms with Gasteiger partial charge in [-0.1, -0.05) is 75.0 Å². The van der Waals surface area contributed by atoms with Crippen molar-refractivity contribution in [3.8, 4) is 18.1 Å². The number of aromatic nitrogens is 2. The first-order valence-corrected chi connectivity index (χ1v) is 27.1. The molecule has 0 radical (unpaired) electrons. The van der Waals surface area contributed by atoms with Gasteiger partial charge in [-0.3, -0.25) is 33.5 Å². The number of fused-ring (bicyclic) bond motifs is 2. The molecule has 3 unspecified atom stereocenters. The van der Waals surface area contributed by atoms with Crippen molar-refractivity contribution in [2.75, 3.05) is 62.0 Å². The zero-order valence-corrected chi connectivity index (χ0v) is 45.4. The lowest BCUT2D eigenvalue weighted by Crippen LogP contribution is -2.45. The highest BCUT2D eigenvalue weighted by atomic mass is 35.5. The van der Waals surface area contributed by atoms with E-state index in [0.717, 1.165) is 48.4 Å². The van der Waals surface area contributed by atoms with Crippen molar-refractivity contribution in [1.29, 1.82) is 0 Å². The summed E-state index contributed by atoms with van der Waals surface area (Å²) in [7, 11) is -1.52. The molecule has 1 saturated heterocycles. The quantitative estimate of drug-likeness (QED) is 0.0477. The number of nitrogens with zero attached hydrogens (tertiary/aromatic N) is 6. The molecule has 24 heteroatoms. The number of aryl methyl sites for hydroxylation is 2. The molecule has 0 bridgehead atoms. The van der Waals surface area contributed by atoms with Crippen LogP contribution in [0, 0.1) is 23.6 Å². The minimum Gasteiger partial charge on any atom is -0.481 e. The second kappa shape index (κ2) is 26.4. The van der Waals surface area contributed by atoms with Gasteiger partial charge >= 0.3 is 5.97 Å². The predicted molar refractivity (Wildman–Crippen MR) is 276 cm³/mol. The van der Waals surface area contributed by atoms with E-state index in [1.165, 1.54) is 40.1 Å². The number of rotatable bonds is 14. The lowest BCUT2D eigenvalue weighted by atomic mass is 9.92. The first kappa shape index (κ1) is 59.8. The zero-order chi connectivity index (χ0) is 53.7. The molecule has 18 nitrogen and oxygen atoms in total. The first-order chi connectivity index (χ1) is 33.8. The zero-order valence-electron chi connectivity index (χ0n) is 41.4. The Morgan fingerprint density at radius 3 is 2.36 bits per heavy atom. The summed E-state index contributed by atoms with van der Waals surface area (Å²) in [5.74, 6) is 1.95. The Morgan fingerprint density at radius 2 is 1.82 bits per heavy atom. The molecule has 2 aromatic heterocycles. The monoisotopic (exact) mass is 1100 g/mol. The maximum Gasteiger partial charge on any atom is 0.320 e. The van der Waals surface area contributed by atoms with Gasteiger partial charge in [-0.15, -0.1) is 18.0 Å². The van der Waals surface area contributed by atoms with Crippen molar-refractivity contribution < 1.29 is 56.8 Å². The van der Waals surface area contributed by atoms with Crippen LogP contribution in [0.3, 0.4) is 0 Å². The second-order valence-corrected chi connectivity index (χ2v) is 22.6. The maximum atomic E-state index is 14.5. The number of carbonyl (C=O) groups is 4. The number of halogens is 4. The fraction of sp³-hybridized carbons (Fsp3) is 0.500. The van der Waals surface area contributed by atoms with Crippen LogP contribution in [-0.2, 0) is 59.0 Å². The Hall–Kier alpha value is -4.81. The van der Waals surface area contributed by atoms with Crippen molar-refractivity contribution in [1.82, 2.24) is 13.8 Å². The van der Waals surface area contributed by atoms with Crippen LogP contribution >= 0.6 is 53.7 Å². The van der Waals surface area contributed by atoms with Gasteiger partial charge in [0.05, 0.1) is 30.7 Å². The average molecular weight is 1100 g/mol. The lowest BCUT2D eigenvalue weighted by molar-refractivity contribution is -0.144. The van der Waals surface area contributed by atoms with E-state index in [4.69, 9.17) is 75.6 Å². The van der Waals surface area contributed by atoms with E-state index >= 15 is 0 Å². The molecule has 0 aliphatic carbocycles. The van der Waals surface area contributed by atoms with E-state index in [2.05, 4.69) is 43.0 Å². The number of ether oxygens (including phenoxy) is 3. The van der Waals surface area contributed by atoms with Gasteiger partial charge in [0, 0.05) is 50.5 Å². The normalized spacial score (nSPS) is 17.6. The summed E-state index contributed by atoms with van der Waals surface area (Å²) in [6.45, 7) is 14.6. The van der Waals surface area contributed by atoms with Crippen molar-refractivity contribution in [3.63, 3.8) is 0 Å². The molecule has 3 aliphatic rings. The van der Waals surface area contributed by atoms with Gasteiger partial charge in [0.1, 0.15) is 53.5 Å². The number of aliphatic carboxylic acids is 1. The number of carboxylic acids is 1. The van der Waals surface area contributed by atoms with E-state index in [-0.39, 0.29) is 73.3 Å². The number of benzene rings is 2. The van der Waals surface area contributed by atoms with Crippen LogP contribution < -0.4 is 25.1 Å². The number of anilines is 2. The molecule has 7 rings (SSSR count). The van der Waals surface area contributed by atoms with E-state index in [9.17, 15) is 28.1 Å². The third-order valence-electron chi connectivity index (χ3n) is 11.3. The number of hydrogen-bond donors (Lipinski definition) is 3. The number of carbonyl (C=O) groups excluding carboxylic acids is 3. The van der Waals surface area contributed by atoms with Gasteiger partial charge in [-0.05, 0) is 67.9 Å². The standard InChI is InChI=1S/C18H17FN4O2S.C14H20ClNO2.C11H13Cl2NO3.C5H12NO4P/c1-4-5-22-13-7-12(11(19)6-14(13)25-9-16(22)24)20-17-23-10-18(2,3)8-15(23)21-26-17;1-4-11-7-6-8-12(5-2)14(11)16(10-18-3)13(17)9-15;1-11(2)14(10(15)9(12)13)6-8(17-11)7-4-3-5-16-7;1-11(9,10)3-2-4(6)5(7)8/h1,6-7H,5,8-10H2,2-3H3;6-8H,4-5,9-10H2,1-3H3;3-5,8-9H,6H2,1-2H3;4H,2-3,6H2,1H3,(H,7,8)(H,9,10)/b20-17-;;;. The number of alkyl halides is 3. The first-order valence-electron chi connectivity index (χ1n) is 22.7.